The van der Waals surface area contributed by atoms with Gasteiger partial charge in [-0.3, -0.25) is 9.59 Å². The van der Waals surface area contributed by atoms with E-state index in [1.165, 1.54) is 0 Å². The maximum absolute atomic E-state index is 12.5. The monoisotopic (exact) mass is 305 g/mol. The van der Waals surface area contributed by atoms with E-state index in [1.807, 2.05) is 25.1 Å². The minimum atomic E-state index is -0.895. The van der Waals surface area contributed by atoms with Gasteiger partial charge in [-0.2, -0.15) is 0 Å². The number of hydrogen-bond donors (Lipinski definition) is 2. The molecule has 1 aromatic carbocycles. The Morgan fingerprint density at radius 1 is 1.24 bits per heavy atom. The second-order valence-electron chi connectivity index (χ2n) is 5.79. The van der Waals surface area contributed by atoms with Crippen LogP contribution in [0, 0.1) is 30.6 Å². The highest BCUT2D eigenvalue weighted by atomic mass is 35.5. The van der Waals surface area contributed by atoms with Crippen molar-refractivity contribution in [3.05, 3.63) is 40.9 Å². The first-order chi connectivity index (χ1) is 9.97. The lowest BCUT2D eigenvalue weighted by molar-refractivity contribution is -0.146. The summed E-state index contributed by atoms with van der Waals surface area (Å²) in [7, 11) is 0. The molecular weight excluding hydrogens is 290 g/mol. The Balaban J connectivity index is 1.80. The first kappa shape index (κ1) is 14.1. The number of carbonyl (C=O) groups excluding carboxylic acids is 1. The number of carboxylic acid groups (broad SMARTS) is 1. The van der Waals surface area contributed by atoms with Gasteiger partial charge in [-0.15, -0.1) is 0 Å². The van der Waals surface area contributed by atoms with E-state index in [-0.39, 0.29) is 17.7 Å². The molecule has 3 rings (SSSR count). The molecule has 2 bridgehead atoms. The maximum Gasteiger partial charge on any atom is 0.307 e. The Morgan fingerprint density at radius 2 is 1.90 bits per heavy atom. The van der Waals surface area contributed by atoms with Crippen LogP contribution in [-0.2, 0) is 9.59 Å². The molecule has 2 aliphatic rings. The minimum Gasteiger partial charge on any atom is -0.481 e. The van der Waals surface area contributed by atoms with Gasteiger partial charge in [0, 0.05) is 10.7 Å². The Kier molecular flexibility index (Phi) is 3.49. The van der Waals surface area contributed by atoms with Gasteiger partial charge in [0.2, 0.25) is 5.91 Å². The topological polar surface area (TPSA) is 66.4 Å². The number of allylic oxidation sites excluding steroid dienone is 2. The molecule has 1 amide bonds. The molecule has 0 aromatic heterocycles. The average Bonchev–Trinajstić information content (AvgIpc) is 3.03. The molecule has 2 aliphatic carbocycles. The Labute approximate surface area is 127 Å². The normalized spacial score (nSPS) is 29.6. The summed E-state index contributed by atoms with van der Waals surface area (Å²) in [6.07, 6.45) is 4.65. The van der Waals surface area contributed by atoms with Crippen LogP contribution in [0.15, 0.2) is 30.4 Å². The molecule has 5 heteroatoms. The summed E-state index contributed by atoms with van der Waals surface area (Å²) in [6, 6.07) is 5.29. The van der Waals surface area contributed by atoms with Crippen LogP contribution in [0.2, 0.25) is 5.02 Å². The van der Waals surface area contributed by atoms with Gasteiger partial charge in [-0.05, 0) is 42.9 Å². The molecule has 0 aliphatic heterocycles. The number of carboxylic acids is 1. The molecule has 2 N–H and O–H groups in total. The summed E-state index contributed by atoms with van der Waals surface area (Å²) in [5.74, 6) is -2.26. The maximum atomic E-state index is 12.5. The number of hydrogen-bond acceptors (Lipinski definition) is 2. The summed E-state index contributed by atoms with van der Waals surface area (Å²) >= 11 is 6.04. The smallest absolute Gasteiger partial charge is 0.307 e. The van der Waals surface area contributed by atoms with Crippen molar-refractivity contribution in [2.24, 2.45) is 23.7 Å². The number of amides is 1. The third-order valence-electron chi connectivity index (χ3n) is 4.49. The van der Waals surface area contributed by atoms with E-state index in [0.29, 0.717) is 10.7 Å². The number of nitrogens with one attached hydrogen (secondary N) is 1. The fraction of sp³-hybridized carbons (Fsp3) is 0.375. The largest absolute Gasteiger partial charge is 0.481 e. The fourth-order valence-corrected chi connectivity index (χ4v) is 3.59. The minimum absolute atomic E-state index is 0.0233. The predicted molar refractivity (Wildman–Crippen MR) is 80.2 cm³/mol. The SMILES string of the molecule is Cc1ccc(NC(=O)[C@@H]2[C@H](C(=O)O)[C@H]3C=C[C@H]2C3)cc1Cl. The van der Waals surface area contributed by atoms with Crippen molar-refractivity contribution in [3.8, 4) is 0 Å². The van der Waals surface area contributed by atoms with E-state index < -0.39 is 17.8 Å². The Morgan fingerprint density at radius 3 is 2.52 bits per heavy atom. The molecular formula is C16H16ClNO3. The lowest BCUT2D eigenvalue weighted by atomic mass is 9.82. The van der Waals surface area contributed by atoms with E-state index >= 15 is 0 Å². The summed E-state index contributed by atoms with van der Waals surface area (Å²) in [5.41, 5.74) is 1.53. The van der Waals surface area contributed by atoms with Crippen LogP contribution in [0.25, 0.3) is 0 Å². The number of aliphatic carboxylic acids is 1. The van der Waals surface area contributed by atoms with Crippen molar-refractivity contribution in [1.82, 2.24) is 0 Å². The molecule has 1 aromatic rings. The zero-order chi connectivity index (χ0) is 15.1. The van der Waals surface area contributed by atoms with Gasteiger partial charge in [0.1, 0.15) is 0 Å². The molecule has 0 spiro atoms. The van der Waals surface area contributed by atoms with Crippen molar-refractivity contribution in [2.75, 3.05) is 5.32 Å². The van der Waals surface area contributed by atoms with Crippen LogP contribution in [0.4, 0.5) is 5.69 Å². The first-order valence-electron chi connectivity index (χ1n) is 6.95. The van der Waals surface area contributed by atoms with E-state index in [4.69, 9.17) is 11.6 Å². The Bertz CT molecular complexity index is 640. The summed E-state index contributed by atoms with van der Waals surface area (Å²) in [5, 5.41) is 12.7. The van der Waals surface area contributed by atoms with Crippen LogP contribution < -0.4 is 5.32 Å². The Hall–Kier alpha value is -1.81. The highest BCUT2D eigenvalue weighted by Crippen LogP contribution is 2.48. The number of carbonyl (C=O) groups is 2. The number of fused-ring (bicyclic) bond motifs is 2. The first-order valence-corrected chi connectivity index (χ1v) is 7.33. The van der Waals surface area contributed by atoms with Crippen LogP contribution in [-0.4, -0.2) is 17.0 Å². The molecule has 4 atom stereocenters. The number of halogens is 1. The fourth-order valence-electron chi connectivity index (χ4n) is 3.41. The van der Waals surface area contributed by atoms with Gasteiger partial charge in [-0.1, -0.05) is 29.8 Å². The number of rotatable bonds is 3. The number of aryl methyl sites for hydroxylation is 1. The van der Waals surface area contributed by atoms with Gasteiger partial charge in [0.25, 0.3) is 0 Å². The summed E-state index contributed by atoms with van der Waals surface area (Å²) in [6.45, 7) is 1.88. The molecule has 1 saturated carbocycles. The molecule has 0 heterocycles. The quantitative estimate of drug-likeness (QED) is 0.843. The van der Waals surface area contributed by atoms with E-state index in [9.17, 15) is 14.7 Å². The number of benzene rings is 1. The van der Waals surface area contributed by atoms with Gasteiger partial charge in [0.15, 0.2) is 0 Å². The molecule has 110 valence electrons. The standard InChI is InChI=1S/C16H16ClNO3/c1-8-2-5-11(7-12(8)17)18-15(19)13-9-3-4-10(6-9)14(13)16(20)21/h2-5,7,9-10,13-14H,6H2,1H3,(H,18,19)(H,20,21)/t9-,10-,13-,14+/m0/s1. The van der Waals surface area contributed by atoms with E-state index in [2.05, 4.69) is 5.32 Å². The van der Waals surface area contributed by atoms with Gasteiger partial charge >= 0.3 is 5.97 Å². The number of anilines is 1. The van der Waals surface area contributed by atoms with Crippen molar-refractivity contribution >= 4 is 29.2 Å². The zero-order valence-corrected chi connectivity index (χ0v) is 12.3. The molecule has 0 radical (unpaired) electrons. The summed E-state index contributed by atoms with van der Waals surface area (Å²) in [4.78, 5) is 23.9. The van der Waals surface area contributed by atoms with Gasteiger partial charge < -0.3 is 10.4 Å². The third-order valence-corrected chi connectivity index (χ3v) is 4.89. The second kappa shape index (κ2) is 5.19. The van der Waals surface area contributed by atoms with Crippen molar-refractivity contribution in [2.45, 2.75) is 13.3 Å². The van der Waals surface area contributed by atoms with Crippen LogP contribution in [0.1, 0.15) is 12.0 Å². The van der Waals surface area contributed by atoms with Crippen molar-refractivity contribution in [1.29, 1.82) is 0 Å². The molecule has 0 saturated heterocycles. The molecule has 4 nitrogen and oxygen atoms in total. The van der Waals surface area contributed by atoms with E-state index in [1.54, 1.807) is 12.1 Å². The highest BCUT2D eigenvalue weighted by Gasteiger charge is 2.51. The van der Waals surface area contributed by atoms with Crippen molar-refractivity contribution < 1.29 is 14.7 Å². The highest BCUT2D eigenvalue weighted by molar-refractivity contribution is 6.31. The molecule has 21 heavy (non-hydrogen) atoms. The second-order valence-corrected chi connectivity index (χ2v) is 6.20. The van der Waals surface area contributed by atoms with Gasteiger partial charge in [-0.25, -0.2) is 0 Å². The van der Waals surface area contributed by atoms with E-state index in [0.717, 1.165) is 12.0 Å². The zero-order valence-electron chi connectivity index (χ0n) is 11.5. The van der Waals surface area contributed by atoms with Crippen LogP contribution in [0.3, 0.4) is 0 Å². The van der Waals surface area contributed by atoms with Gasteiger partial charge in [0.05, 0.1) is 11.8 Å². The van der Waals surface area contributed by atoms with Crippen molar-refractivity contribution in [3.63, 3.8) is 0 Å². The molecule has 1 fully saturated rings. The van der Waals surface area contributed by atoms with Crippen LogP contribution in [0.5, 0.6) is 0 Å². The lowest BCUT2D eigenvalue weighted by Gasteiger charge is -2.23. The lowest BCUT2D eigenvalue weighted by Crippen LogP contribution is -2.36. The third kappa shape index (κ3) is 2.44. The average molecular weight is 306 g/mol. The molecule has 0 unspecified atom stereocenters. The summed E-state index contributed by atoms with van der Waals surface area (Å²) < 4.78 is 0. The predicted octanol–water partition coefficient (Wildman–Crippen LogP) is 3.11. The van der Waals surface area contributed by atoms with Crippen LogP contribution >= 0.6 is 11.6 Å².